The minimum atomic E-state index is -0.0635. The number of methoxy groups -OCH3 is 2. The van der Waals surface area contributed by atoms with Gasteiger partial charge in [0.15, 0.2) is 23.0 Å². The fraction of sp³-hybridized carbons (Fsp3) is 0.316. The lowest BCUT2D eigenvalue weighted by Gasteiger charge is -2.18. The van der Waals surface area contributed by atoms with Crippen molar-refractivity contribution in [2.75, 3.05) is 27.4 Å². The number of rotatable bonds is 6. The van der Waals surface area contributed by atoms with Crippen LogP contribution in [0.2, 0.25) is 0 Å². The number of hydrogen-bond donors (Lipinski definition) is 1. The van der Waals surface area contributed by atoms with Crippen molar-refractivity contribution in [1.82, 2.24) is 5.32 Å². The summed E-state index contributed by atoms with van der Waals surface area (Å²) in [6, 6.07) is 11.1. The zero-order valence-electron chi connectivity index (χ0n) is 14.3. The van der Waals surface area contributed by atoms with Gasteiger partial charge in [-0.2, -0.15) is 0 Å². The lowest BCUT2D eigenvalue weighted by atomic mass is 10.1. The van der Waals surface area contributed by atoms with Gasteiger partial charge in [0.2, 0.25) is 5.91 Å². The van der Waals surface area contributed by atoms with Gasteiger partial charge in [-0.1, -0.05) is 12.1 Å². The fourth-order valence-electron chi connectivity index (χ4n) is 2.64. The molecule has 6 nitrogen and oxygen atoms in total. The number of benzene rings is 2. The molecule has 3 rings (SSSR count). The molecule has 0 aliphatic carbocycles. The smallest absolute Gasteiger partial charge is 0.224 e. The van der Waals surface area contributed by atoms with Crippen molar-refractivity contribution >= 4 is 5.91 Å². The van der Waals surface area contributed by atoms with E-state index in [1.807, 2.05) is 36.4 Å². The molecule has 6 heteroatoms. The number of ether oxygens (including phenoxy) is 4. The van der Waals surface area contributed by atoms with Gasteiger partial charge in [-0.3, -0.25) is 4.79 Å². The minimum Gasteiger partial charge on any atom is -0.493 e. The van der Waals surface area contributed by atoms with Crippen LogP contribution in [0.3, 0.4) is 0 Å². The number of carbonyl (C=O) groups excluding carboxylic acids is 1. The zero-order valence-corrected chi connectivity index (χ0v) is 14.3. The quantitative estimate of drug-likeness (QED) is 0.872. The van der Waals surface area contributed by atoms with Gasteiger partial charge < -0.3 is 24.3 Å². The second-order valence-electron chi connectivity index (χ2n) is 5.62. The van der Waals surface area contributed by atoms with Crippen LogP contribution in [0.15, 0.2) is 36.4 Å². The van der Waals surface area contributed by atoms with E-state index in [1.165, 1.54) is 0 Å². The molecule has 0 bridgehead atoms. The van der Waals surface area contributed by atoms with Crippen LogP contribution in [-0.4, -0.2) is 33.3 Å². The third kappa shape index (κ3) is 4.15. The number of carbonyl (C=O) groups is 1. The van der Waals surface area contributed by atoms with E-state index in [9.17, 15) is 4.79 Å². The maximum atomic E-state index is 12.2. The summed E-state index contributed by atoms with van der Waals surface area (Å²) in [5, 5.41) is 2.91. The van der Waals surface area contributed by atoms with Gasteiger partial charge in [0, 0.05) is 6.54 Å². The highest BCUT2D eigenvalue weighted by Crippen LogP contribution is 2.31. The Balaban J connectivity index is 1.58. The fourth-order valence-corrected chi connectivity index (χ4v) is 2.64. The molecule has 0 radical (unpaired) electrons. The van der Waals surface area contributed by atoms with E-state index in [-0.39, 0.29) is 12.3 Å². The summed E-state index contributed by atoms with van der Waals surface area (Å²) in [7, 11) is 3.18. The average molecular weight is 343 g/mol. The molecule has 1 heterocycles. The first-order valence-corrected chi connectivity index (χ1v) is 8.05. The van der Waals surface area contributed by atoms with Crippen molar-refractivity contribution in [3.05, 3.63) is 47.5 Å². The van der Waals surface area contributed by atoms with E-state index in [0.717, 1.165) is 16.9 Å². The molecule has 2 aromatic rings. The third-order valence-corrected chi connectivity index (χ3v) is 3.91. The number of hydrogen-bond acceptors (Lipinski definition) is 5. The van der Waals surface area contributed by atoms with Crippen molar-refractivity contribution in [1.29, 1.82) is 0 Å². The molecule has 0 atom stereocenters. The van der Waals surface area contributed by atoms with Crippen molar-refractivity contribution in [2.24, 2.45) is 0 Å². The number of nitrogens with one attached hydrogen (secondary N) is 1. The lowest BCUT2D eigenvalue weighted by molar-refractivity contribution is -0.120. The Bertz CT molecular complexity index is 759. The molecule has 1 aliphatic heterocycles. The molecule has 0 aromatic heterocycles. The molecule has 2 aromatic carbocycles. The van der Waals surface area contributed by atoms with Gasteiger partial charge in [-0.15, -0.1) is 0 Å². The van der Waals surface area contributed by atoms with Gasteiger partial charge in [0.25, 0.3) is 0 Å². The second-order valence-corrected chi connectivity index (χ2v) is 5.62. The first kappa shape index (κ1) is 17.0. The SMILES string of the molecule is COc1ccc(CNC(=O)Cc2ccc3c(c2)OCCO3)cc1OC. The van der Waals surface area contributed by atoms with Crippen LogP contribution in [0.4, 0.5) is 0 Å². The van der Waals surface area contributed by atoms with Crippen molar-refractivity contribution in [3.63, 3.8) is 0 Å². The highest BCUT2D eigenvalue weighted by Gasteiger charge is 2.13. The Hall–Kier alpha value is -2.89. The summed E-state index contributed by atoms with van der Waals surface area (Å²) in [5.41, 5.74) is 1.82. The van der Waals surface area contributed by atoms with E-state index in [4.69, 9.17) is 18.9 Å². The van der Waals surface area contributed by atoms with Gasteiger partial charge in [-0.25, -0.2) is 0 Å². The molecular formula is C19H21NO5. The van der Waals surface area contributed by atoms with Gasteiger partial charge in [-0.05, 0) is 35.4 Å². The molecule has 0 fully saturated rings. The molecule has 1 amide bonds. The van der Waals surface area contributed by atoms with Crippen LogP contribution >= 0.6 is 0 Å². The Labute approximate surface area is 146 Å². The van der Waals surface area contributed by atoms with E-state index < -0.39 is 0 Å². The Morgan fingerprint density at radius 3 is 2.44 bits per heavy atom. The normalized spacial score (nSPS) is 12.4. The summed E-state index contributed by atoms with van der Waals surface area (Å²) >= 11 is 0. The molecular weight excluding hydrogens is 322 g/mol. The zero-order chi connectivity index (χ0) is 17.6. The number of fused-ring (bicyclic) bond motifs is 1. The van der Waals surface area contributed by atoms with Crippen molar-refractivity contribution in [2.45, 2.75) is 13.0 Å². The maximum Gasteiger partial charge on any atom is 0.224 e. The number of amides is 1. The van der Waals surface area contributed by atoms with Crippen LogP contribution in [0.25, 0.3) is 0 Å². The first-order valence-electron chi connectivity index (χ1n) is 8.05. The highest BCUT2D eigenvalue weighted by atomic mass is 16.6. The summed E-state index contributed by atoms with van der Waals surface area (Å²) < 4.78 is 21.5. The van der Waals surface area contributed by atoms with E-state index in [2.05, 4.69) is 5.32 Å². The van der Waals surface area contributed by atoms with E-state index in [1.54, 1.807) is 14.2 Å². The molecule has 0 saturated carbocycles. The summed E-state index contributed by atoms with van der Waals surface area (Å²) in [4.78, 5) is 12.2. The van der Waals surface area contributed by atoms with Gasteiger partial charge in [0.1, 0.15) is 13.2 Å². The average Bonchev–Trinajstić information content (AvgIpc) is 2.66. The molecule has 1 N–H and O–H groups in total. The molecule has 0 unspecified atom stereocenters. The maximum absolute atomic E-state index is 12.2. The van der Waals surface area contributed by atoms with Crippen LogP contribution in [-0.2, 0) is 17.8 Å². The lowest BCUT2D eigenvalue weighted by Crippen LogP contribution is -2.24. The van der Waals surface area contributed by atoms with Gasteiger partial charge >= 0.3 is 0 Å². The molecule has 0 saturated heterocycles. The molecule has 1 aliphatic rings. The monoisotopic (exact) mass is 343 g/mol. The summed E-state index contributed by atoms with van der Waals surface area (Å²) in [6.07, 6.45) is 0.282. The minimum absolute atomic E-state index is 0.0635. The van der Waals surface area contributed by atoms with E-state index >= 15 is 0 Å². The predicted molar refractivity (Wildman–Crippen MR) is 92.5 cm³/mol. The standard InChI is InChI=1S/C19H21NO5/c1-22-15-5-4-14(10-17(15)23-2)12-20-19(21)11-13-3-6-16-18(9-13)25-8-7-24-16/h3-6,9-10H,7-8,11-12H2,1-2H3,(H,20,21). The van der Waals surface area contributed by atoms with E-state index in [0.29, 0.717) is 37.0 Å². The second kappa shape index (κ2) is 7.79. The van der Waals surface area contributed by atoms with Crippen LogP contribution < -0.4 is 24.3 Å². The van der Waals surface area contributed by atoms with Crippen LogP contribution in [0.1, 0.15) is 11.1 Å². The summed E-state index contributed by atoms with van der Waals surface area (Å²) in [5.74, 6) is 2.65. The highest BCUT2D eigenvalue weighted by molar-refractivity contribution is 5.78. The largest absolute Gasteiger partial charge is 0.493 e. The van der Waals surface area contributed by atoms with Crippen LogP contribution in [0, 0.1) is 0 Å². The predicted octanol–water partition coefficient (Wildman–Crippen LogP) is 2.33. The Kier molecular flexibility index (Phi) is 5.28. The Morgan fingerprint density at radius 2 is 1.68 bits per heavy atom. The third-order valence-electron chi connectivity index (χ3n) is 3.91. The molecule has 0 spiro atoms. The summed E-state index contributed by atoms with van der Waals surface area (Å²) in [6.45, 7) is 1.50. The Morgan fingerprint density at radius 1 is 0.960 bits per heavy atom. The van der Waals surface area contributed by atoms with Gasteiger partial charge in [0.05, 0.1) is 20.6 Å². The van der Waals surface area contributed by atoms with Crippen molar-refractivity contribution in [3.8, 4) is 23.0 Å². The van der Waals surface area contributed by atoms with Crippen molar-refractivity contribution < 1.29 is 23.7 Å². The van der Waals surface area contributed by atoms with Crippen LogP contribution in [0.5, 0.6) is 23.0 Å². The molecule has 132 valence electrons. The first-order chi connectivity index (χ1) is 12.2. The molecule has 25 heavy (non-hydrogen) atoms. The topological polar surface area (TPSA) is 66.0 Å².